The van der Waals surface area contributed by atoms with Gasteiger partial charge in [0.2, 0.25) is 5.91 Å². The first kappa shape index (κ1) is 25.5. The van der Waals surface area contributed by atoms with Crippen LogP contribution in [0.4, 0.5) is 11.4 Å². The van der Waals surface area contributed by atoms with Gasteiger partial charge in [-0.1, -0.05) is 6.92 Å². The number of esters is 2. The number of amides is 2. The van der Waals surface area contributed by atoms with Crippen molar-refractivity contribution in [2.45, 2.75) is 19.8 Å². The smallest absolute Gasteiger partial charge is 0.338 e. The number of rotatable bonds is 10. The second-order valence-electron chi connectivity index (χ2n) is 7.81. The Hall–Kier alpha value is -4.08. The van der Waals surface area contributed by atoms with Gasteiger partial charge in [0.25, 0.3) is 5.91 Å². The number of benzene rings is 2. The highest BCUT2D eigenvalue weighted by atomic mass is 16.5. The van der Waals surface area contributed by atoms with Gasteiger partial charge in [-0.25, -0.2) is 4.79 Å². The second kappa shape index (κ2) is 11.9. The van der Waals surface area contributed by atoms with Crippen molar-refractivity contribution < 1.29 is 38.1 Å². The van der Waals surface area contributed by atoms with Crippen molar-refractivity contribution in [1.82, 2.24) is 0 Å². The van der Waals surface area contributed by atoms with Gasteiger partial charge >= 0.3 is 11.9 Å². The maximum atomic E-state index is 12.5. The molecule has 0 bridgehead atoms. The van der Waals surface area contributed by atoms with Crippen LogP contribution < -0.4 is 19.7 Å². The summed E-state index contributed by atoms with van der Waals surface area (Å²) in [6.07, 6.45) is 0.685. The van der Waals surface area contributed by atoms with Crippen molar-refractivity contribution in [3.8, 4) is 11.5 Å². The summed E-state index contributed by atoms with van der Waals surface area (Å²) in [5.41, 5.74) is 1.31. The van der Waals surface area contributed by atoms with E-state index >= 15 is 0 Å². The first-order chi connectivity index (χ1) is 16.9. The number of anilines is 2. The number of hydrogen-bond acceptors (Lipinski definition) is 8. The quantitative estimate of drug-likeness (QED) is 0.511. The molecule has 2 aromatic carbocycles. The van der Waals surface area contributed by atoms with E-state index in [0.717, 1.165) is 6.42 Å². The number of carbonyl (C=O) groups excluding carboxylic acids is 4. The van der Waals surface area contributed by atoms with E-state index in [1.54, 1.807) is 42.5 Å². The predicted molar refractivity (Wildman–Crippen MR) is 127 cm³/mol. The summed E-state index contributed by atoms with van der Waals surface area (Å²) in [5, 5.41) is 2.62. The summed E-state index contributed by atoms with van der Waals surface area (Å²) >= 11 is 0. The summed E-state index contributed by atoms with van der Waals surface area (Å²) < 4.78 is 20.6. The van der Waals surface area contributed by atoms with Crippen molar-refractivity contribution in [2.75, 3.05) is 44.2 Å². The lowest BCUT2D eigenvalue weighted by Crippen LogP contribution is -2.28. The number of nitrogens with zero attached hydrogens (tertiary/aromatic N) is 1. The fourth-order valence-electron chi connectivity index (χ4n) is 3.52. The summed E-state index contributed by atoms with van der Waals surface area (Å²) in [4.78, 5) is 50.7. The van der Waals surface area contributed by atoms with Crippen LogP contribution in [0, 0.1) is 5.92 Å². The van der Waals surface area contributed by atoms with Gasteiger partial charge in [-0.05, 0) is 42.8 Å². The molecule has 3 rings (SSSR count). The van der Waals surface area contributed by atoms with Gasteiger partial charge in [-0.3, -0.25) is 14.4 Å². The Balaban J connectivity index is 1.54. The maximum absolute atomic E-state index is 12.5. The molecule has 1 aliphatic rings. The number of ether oxygens (including phenoxy) is 4. The molecule has 0 saturated carbocycles. The molecule has 0 spiro atoms. The third kappa shape index (κ3) is 6.50. The molecular weight excluding hydrogens is 456 g/mol. The first-order valence-electron chi connectivity index (χ1n) is 11.1. The first-order valence-corrected chi connectivity index (χ1v) is 11.1. The summed E-state index contributed by atoms with van der Waals surface area (Å²) in [6, 6.07) is 11.3. The Morgan fingerprint density at radius 1 is 1.03 bits per heavy atom. The van der Waals surface area contributed by atoms with E-state index in [0.29, 0.717) is 35.0 Å². The van der Waals surface area contributed by atoms with Crippen LogP contribution in [0.15, 0.2) is 42.5 Å². The molecule has 10 heteroatoms. The molecule has 0 unspecified atom stereocenters. The molecular formula is C25H28N2O8. The SMILES string of the molecule is CCCOC(=O)c1ccc(N2C[C@H](C(=O)OCC(=O)Nc3cc(OC)ccc3OC)CC2=O)cc1. The molecule has 1 fully saturated rings. The van der Waals surface area contributed by atoms with Crippen LogP contribution in [0.25, 0.3) is 0 Å². The molecule has 2 aromatic rings. The molecule has 0 radical (unpaired) electrons. The highest BCUT2D eigenvalue weighted by Crippen LogP contribution is 2.29. The van der Waals surface area contributed by atoms with Gasteiger partial charge in [-0.15, -0.1) is 0 Å². The van der Waals surface area contributed by atoms with E-state index < -0.39 is 30.4 Å². The van der Waals surface area contributed by atoms with E-state index in [-0.39, 0.29) is 18.9 Å². The highest BCUT2D eigenvalue weighted by Gasteiger charge is 2.36. The molecule has 186 valence electrons. The average molecular weight is 485 g/mol. The van der Waals surface area contributed by atoms with E-state index in [2.05, 4.69) is 5.32 Å². The van der Waals surface area contributed by atoms with Gasteiger partial charge in [0.05, 0.1) is 38.0 Å². The van der Waals surface area contributed by atoms with E-state index in [1.807, 2.05) is 6.92 Å². The van der Waals surface area contributed by atoms with Crippen LogP contribution in [0.5, 0.6) is 11.5 Å². The van der Waals surface area contributed by atoms with Crippen molar-refractivity contribution in [3.05, 3.63) is 48.0 Å². The van der Waals surface area contributed by atoms with Gasteiger partial charge in [0.15, 0.2) is 6.61 Å². The van der Waals surface area contributed by atoms with Crippen LogP contribution in [-0.2, 0) is 23.9 Å². The maximum Gasteiger partial charge on any atom is 0.338 e. The Kier molecular flexibility index (Phi) is 8.66. The Labute approximate surface area is 203 Å². The van der Waals surface area contributed by atoms with E-state index in [9.17, 15) is 19.2 Å². The van der Waals surface area contributed by atoms with Crippen LogP contribution in [-0.4, -0.2) is 57.7 Å². The van der Waals surface area contributed by atoms with Gasteiger partial charge < -0.3 is 29.2 Å². The summed E-state index contributed by atoms with van der Waals surface area (Å²) in [7, 11) is 2.96. The monoisotopic (exact) mass is 484 g/mol. The molecule has 1 saturated heterocycles. The van der Waals surface area contributed by atoms with Crippen LogP contribution in [0.1, 0.15) is 30.1 Å². The molecule has 1 atom stereocenters. The third-order valence-electron chi connectivity index (χ3n) is 5.34. The van der Waals surface area contributed by atoms with Gasteiger partial charge in [-0.2, -0.15) is 0 Å². The van der Waals surface area contributed by atoms with Crippen LogP contribution >= 0.6 is 0 Å². The fraction of sp³-hybridized carbons (Fsp3) is 0.360. The minimum atomic E-state index is -0.712. The molecule has 35 heavy (non-hydrogen) atoms. The topological polar surface area (TPSA) is 120 Å². The Morgan fingerprint density at radius 2 is 1.77 bits per heavy atom. The van der Waals surface area contributed by atoms with Crippen molar-refractivity contribution in [1.29, 1.82) is 0 Å². The van der Waals surface area contributed by atoms with Crippen molar-refractivity contribution >= 4 is 35.1 Å². The minimum absolute atomic E-state index is 0.0372. The standard InChI is InChI=1S/C25H28N2O8/c1-4-11-34-24(30)16-5-7-18(8-6-16)27-14-17(12-23(27)29)25(31)35-15-22(28)26-20-13-19(32-2)9-10-21(20)33-3/h5-10,13,17H,4,11-12,14-15H2,1-3H3,(H,26,28)/t17-/m1/s1. The van der Waals surface area contributed by atoms with Crippen LogP contribution in [0.2, 0.25) is 0 Å². The number of nitrogens with one attached hydrogen (secondary N) is 1. The molecule has 0 aliphatic carbocycles. The molecule has 1 aliphatic heterocycles. The normalized spacial score (nSPS) is 14.9. The highest BCUT2D eigenvalue weighted by molar-refractivity contribution is 6.00. The van der Waals surface area contributed by atoms with Crippen molar-refractivity contribution in [2.24, 2.45) is 5.92 Å². The molecule has 0 aromatic heterocycles. The van der Waals surface area contributed by atoms with Crippen LogP contribution in [0.3, 0.4) is 0 Å². The zero-order chi connectivity index (χ0) is 25.4. The van der Waals surface area contributed by atoms with E-state index in [1.165, 1.54) is 19.1 Å². The lowest BCUT2D eigenvalue weighted by molar-refractivity contribution is -0.151. The molecule has 10 nitrogen and oxygen atoms in total. The number of carbonyl (C=O) groups is 4. The number of methoxy groups -OCH3 is 2. The fourth-order valence-corrected chi connectivity index (χ4v) is 3.52. The third-order valence-corrected chi connectivity index (χ3v) is 5.34. The average Bonchev–Trinajstić information content (AvgIpc) is 3.27. The second-order valence-corrected chi connectivity index (χ2v) is 7.81. The van der Waals surface area contributed by atoms with Gasteiger partial charge in [0.1, 0.15) is 11.5 Å². The Bertz CT molecular complexity index is 1080. The molecule has 1 heterocycles. The Morgan fingerprint density at radius 3 is 2.43 bits per heavy atom. The predicted octanol–water partition coefficient (Wildman–Crippen LogP) is 2.81. The number of hydrogen-bond donors (Lipinski definition) is 1. The summed E-state index contributed by atoms with van der Waals surface area (Å²) in [5.74, 6) is -1.65. The summed E-state index contributed by atoms with van der Waals surface area (Å²) in [6.45, 7) is 1.84. The lowest BCUT2D eigenvalue weighted by atomic mass is 10.1. The van der Waals surface area contributed by atoms with E-state index in [4.69, 9.17) is 18.9 Å². The largest absolute Gasteiger partial charge is 0.497 e. The van der Waals surface area contributed by atoms with Crippen molar-refractivity contribution in [3.63, 3.8) is 0 Å². The molecule has 2 amide bonds. The minimum Gasteiger partial charge on any atom is -0.497 e. The zero-order valence-electron chi connectivity index (χ0n) is 19.9. The molecule has 1 N–H and O–H groups in total. The van der Waals surface area contributed by atoms with Gasteiger partial charge in [0, 0.05) is 24.7 Å². The zero-order valence-corrected chi connectivity index (χ0v) is 19.9. The lowest BCUT2D eigenvalue weighted by Gasteiger charge is -2.17.